The van der Waals surface area contributed by atoms with Crippen LogP contribution in [0.15, 0.2) is 83.1 Å². The Morgan fingerprint density at radius 3 is 2.00 bits per heavy atom. The molecule has 0 heterocycles. The van der Waals surface area contributed by atoms with E-state index in [2.05, 4.69) is 0 Å². The number of hydrogen-bond acceptors (Lipinski definition) is 3. The topological polar surface area (TPSA) is 54.5 Å². The minimum atomic E-state index is -3.53. The molecule has 5 heteroatoms. The monoisotopic (exact) mass is 341 g/mol. The predicted molar refractivity (Wildman–Crippen MR) is 95.9 cm³/mol. The molecule has 0 saturated heterocycles. The molecular formula is C19H19NO3S. The van der Waals surface area contributed by atoms with Gasteiger partial charge in [-0.3, -0.25) is 4.79 Å². The van der Waals surface area contributed by atoms with Crippen LogP contribution in [0, 0.1) is 0 Å². The quantitative estimate of drug-likeness (QED) is 0.620. The Labute approximate surface area is 142 Å². The lowest BCUT2D eigenvalue weighted by Gasteiger charge is -2.13. The second-order valence-electron chi connectivity index (χ2n) is 5.33. The molecule has 0 radical (unpaired) electrons. The number of carbonyl (C=O) groups is 1. The summed E-state index contributed by atoms with van der Waals surface area (Å²) in [5.41, 5.74) is 1.16. The summed E-state index contributed by atoms with van der Waals surface area (Å²) in [6, 6.07) is 17.3. The molecule has 2 aromatic rings. The van der Waals surface area contributed by atoms with Gasteiger partial charge in [-0.05, 0) is 29.8 Å². The Balaban J connectivity index is 2.36. The Morgan fingerprint density at radius 2 is 1.46 bits per heavy atom. The number of hydrogen-bond donors (Lipinski definition) is 0. The SMILES string of the molecule is CN(C)C(=O)C(=CC=CS(=O)(=O)c1ccccc1)c1ccccc1. The van der Waals surface area contributed by atoms with Crippen LogP contribution in [0.2, 0.25) is 0 Å². The first-order chi connectivity index (χ1) is 11.4. The second-order valence-corrected chi connectivity index (χ2v) is 7.17. The Hall–Kier alpha value is -2.66. The number of allylic oxidation sites excluding steroid dienone is 2. The Kier molecular flexibility index (Phi) is 5.71. The first kappa shape index (κ1) is 17.7. The van der Waals surface area contributed by atoms with Gasteiger partial charge in [-0.25, -0.2) is 8.42 Å². The van der Waals surface area contributed by atoms with E-state index in [4.69, 9.17) is 0 Å². The highest BCUT2D eigenvalue weighted by Crippen LogP contribution is 2.17. The smallest absolute Gasteiger partial charge is 0.253 e. The minimum absolute atomic E-state index is 0.192. The van der Waals surface area contributed by atoms with Gasteiger partial charge in [0.2, 0.25) is 0 Å². The third-order valence-electron chi connectivity index (χ3n) is 3.31. The van der Waals surface area contributed by atoms with E-state index >= 15 is 0 Å². The van der Waals surface area contributed by atoms with Gasteiger partial charge >= 0.3 is 0 Å². The number of rotatable bonds is 5. The lowest BCUT2D eigenvalue weighted by Crippen LogP contribution is -2.22. The maximum absolute atomic E-state index is 12.3. The van der Waals surface area contributed by atoms with E-state index in [-0.39, 0.29) is 10.8 Å². The maximum Gasteiger partial charge on any atom is 0.253 e. The predicted octanol–water partition coefficient (Wildman–Crippen LogP) is 3.15. The van der Waals surface area contributed by atoms with Gasteiger partial charge in [0.15, 0.2) is 9.84 Å². The van der Waals surface area contributed by atoms with Gasteiger partial charge in [-0.1, -0.05) is 48.5 Å². The van der Waals surface area contributed by atoms with Crippen molar-refractivity contribution in [2.24, 2.45) is 0 Å². The third kappa shape index (κ3) is 4.43. The standard InChI is InChI=1S/C19H19NO3S/c1-20(2)19(21)18(16-10-5-3-6-11-16)14-9-15-24(22,23)17-12-7-4-8-13-17/h3-15H,1-2H3. The lowest BCUT2D eigenvalue weighted by atomic mass is 10.0. The highest BCUT2D eigenvalue weighted by Gasteiger charge is 2.13. The summed E-state index contributed by atoms with van der Waals surface area (Å²) in [5.74, 6) is -0.192. The normalized spacial score (nSPS) is 12.3. The van der Waals surface area contributed by atoms with E-state index in [1.54, 1.807) is 32.3 Å². The summed E-state index contributed by atoms with van der Waals surface area (Å²) in [6.45, 7) is 0. The van der Waals surface area contributed by atoms with Crippen molar-refractivity contribution in [1.29, 1.82) is 0 Å². The zero-order chi connectivity index (χ0) is 17.6. The molecule has 0 aliphatic heterocycles. The first-order valence-electron chi connectivity index (χ1n) is 7.37. The Bertz CT molecular complexity index is 852. The third-order valence-corrected chi connectivity index (χ3v) is 4.76. The molecule has 0 aliphatic rings. The molecule has 0 aromatic heterocycles. The molecule has 0 fully saturated rings. The lowest BCUT2D eigenvalue weighted by molar-refractivity contribution is -0.122. The molecule has 0 unspecified atom stereocenters. The molecule has 1 amide bonds. The van der Waals surface area contributed by atoms with E-state index < -0.39 is 9.84 Å². The molecule has 0 aliphatic carbocycles. The van der Waals surface area contributed by atoms with Gasteiger partial charge < -0.3 is 4.90 Å². The van der Waals surface area contributed by atoms with E-state index in [1.807, 2.05) is 30.3 Å². The van der Waals surface area contributed by atoms with E-state index in [0.29, 0.717) is 5.57 Å². The average Bonchev–Trinajstić information content (AvgIpc) is 2.59. The van der Waals surface area contributed by atoms with Crippen LogP contribution in [0.4, 0.5) is 0 Å². The summed E-state index contributed by atoms with van der Waals surface area (Å²) in [5, 5.41) is 1.11. The van der Waals surface area contributed by atoms with Crippen LogP contribution in [-0.4, -0.2) is 33.3 Å². The fourth-order valence-corrected chi connectivity index (χ4v) is 3.06. The van der Waals surface area contributed by atoms with Crippen molar-refractivity contribution in [2.75, 3.05) is 14.1 Å². The zero-order valence-corrected chi connectivity index (χ0v) is 14.4. The summed E-state index contributed by atoms with van der Waals surface area (Å²) >= 11 is 0. The molecule has 0 atom stereocenters. The molecule has 2 aromatic carbocycles. The molecule has 4 nitrogen and oxygen atoms in total. The first-order valence-corrected chi connectivity index (χ1v) is 8.92. The van der Waals surface area contributed by atoms with Crippen LogP contribution in [0.5, 0.6) is 0 Å². The number of benzene rings is 2. The second kappa shape index (κ2) is 7.75. The number of sulfone groups is 1. The van der Waals surface area contributed by atoms with Crippen LogP contribution in [0.25, 0.3) is 5.57 Å². The van der Waals surface area contributed by atoms with Crippen molar-refractivity contribution in [3.8, 4) is 0 Å². The maximum atomic E-state index is 12.3. The van der Waals surface area contributed by atoms with Crippen LogP contribution in [-0.2, 0) is 14.6 Å². The summed E-state index contributed by atoms with van der Waals surface area (Å²) < 4.78 is 24.5. The van der Waals surface area contributed by atoms with Crippen molar-refractivity contribution in [3.63, 3.8) is 0 Å². The van der Waals surface area contributed by atoms with Crippen molar-refractivity contribution >= 4 is 21.3 Å². The van der Waals surface area contributed by atoms with E-state index in [1.165, 1.54) is 29.2 Å². The molecule has 0 bridgehead atoms. The summed E-state index contributed by atoms with van der Waals surface area (Å²) in [7, 11) is -0.222. The molecule has 0 saturated carbocycles. The largest absolute Gasteiger partial charge is 0.345 e. The van der Waals surface area contributed by atoms with E-state index in [0.717, 1.165) is 11.0 Å². The fourth-order valence-electron chi connectivity index (χ4n) is 2.08. The zero-order valence-electron chi connectivity index (χ0n) is 13.6. The molecule has 24 heavy (non-hydrogen) atoms. The van der Waals surface area contributed by atoms with Crippen molar-refractivity contribution in [1.82, 2.24) is 4.90 Å². The van der Waals surface area contributed by atoms with Crippen molar-refractivity contribution in [3.05, 3.63) is 83.8 Å². The average molecular weight is 341 g/mol. The highest BCUT2D eigenvalue weighted by molar-refractivity contribution is 7.94. The van der Waals surface area contributed by atoms with Crippen LogP contribution in [0.3, 0.4) is 0 Å². The summed E-state index contributed by atoms with van der Waals surface area (Å²) in [6.07, 6.45) is 2.92. The fraction of sp³-hybridized carbons (Fsp3) is 0.105. The highest BCUT2D eigenvalue weighted by atomic mass is 32.2. The van der Waals surface area contributed by atoms with Crippen LogP contribution < -0.4 is 0 Å². The van der Waals surface area contributed by atoms with E-state index in [9.17, 15) is 13.2 Å². The van der Waals surface area contributed by atoms with Crippen molar-refractivity contribution < 1.29 is 13.2 Å². The number of amides is 1. The summed E-state index contributed by atoms with van der Waals surface area (Å²) in [4.78, 5) is 14.0. The van der Waals surface area contributed by atoms with Gasteiger partial charge in [-0.15, -0.1) is 0 Å². The molecule has 124 valence electrons. The number of nitrogens with zero attached hydrogens (tertiary/aromatic N) is 1. The molecule has 2 rings (SSSR count). The van der Waals surface area contributed by atoms with Gasteiger partial charge in [0.25, 0.3) is 5.91 Å². The Morgan fingerprint density at radius 1 is 0.917 bits per heavy atom. The van der Waals surface area contributed by atoms with Crippen molar-refractivity contribution in [2.45, 2.75) is 4.90 Å². The molecule has 0 spiro atoms. The van der Waals surface area contributed by atoms with Crippen LogP contribution >= 0.6 is 0 Å². The van der Waals surface area contributed by atoms with Gasteiger partial charge in [0.05, 0.1) is 4.90 Å². The van der Waals surface area contributed by atoms with Crippen LogP contribution in [0.1, 0.15) is 5.56 Å². The van der Waals surface area contributed by atoms with Gasteiger partial charge in [-0.2, -0.15) is 0 Å². The molecular weight excluding hydrogens is 322 g/mol. The van der Waals surface area contributed by atoms with Gasteiger partial charge in [0.1, 0.15) is 0 Å². The number of likely N-dealkylation sites (N-methyl/N-ethyl adjacent to an activating group) is 1. The molecule has 0 N–H and O–H groups in total. The number of carbonyl (C=O) groups excluding carboxylic acids is 1. The minimum Gasteiger partial charge on any atom is -0.345 e. The van der Waals surface area contributed by atoms with Gasteiger partial charge in [0, 0.05) is 25.1 Å².